The lowest BCUT2D eigenvalue weighted by molar-refractivity contribution is -0.122. The molecule has 1 fully saturated rings. The molecule has 4 nitrogen and oxygen atoms in total. The summed E-state index contributed by atoms with van der Waals surface area (Å²) >= 11 is 0. The summed E-state index contributed by atoms with van der Waals surface area (Å²) in [6, 6.07) is 7.14. The SMILES string of the molecule is CCOc1ccc(N2C(=O)[C@H]3[C@H](C)C=CC[C@@H]3C2=O)cc1. The number of carbonyl (C=O) groups excluding carboxylic acids is 2. The van der Waals surface area contributed by atoms with Crippen molar-refractivity contribution in [3.05, 3.63) is 36.4 Å². The van der Waals surface area contributed by atoms with Crippen molar-refractivity contribution in [2.24, 2.45) is 17.8 Å². The fourth-order valence-electron chi connectivity index (χ4n) is 3.26. The maximum Gasteiger partial charge on any atom is 0.238 e. The maximum atomic E-state index is 12.6. The van der Waals surface area contributed by atoms with Crippen molar-refractivity contribution >= 4 is 17.5 Å². The molecular formula is C17H19NO3. The molecule has 3 atom stereocenters. The van der Waals surface area contributed by atoms with Crippen LogP contribution in [-0.4, -0.2) is 18.4 Å². The highest BCUT2D eigenvalue weighted by Gasteiger charge is 2.50. The molecule has 0 unspecified atom stereocenters. The Hall–Kier alpha value is -2.10. The van der Waals surface area contributed by atoms with Crippen LogP contribution in [0, 0.1) is 17.8 Å². The van der Waals surface area contributed by atoms with Crippen LogP contribution in [0.1, 0.15) is 20.3 Å². The van der Waals surface area contributed by atoms with E-state index in [-0.39, 0.29) is 29.6 Å². The van der Waals surface area contributed by atoms with Crippen molar-refractivity contribution in [2.75, 3.05) is 11.5 Å². The number of nitrogens with zero attached hydrogens (tertiary/aromatic N) is 1. The van der Waals surface area contributed by atoms with E-state index >= 15 is 0 Å². The van der Waals surface area contributed by atoms with E-state index in [2.05, 4.69) is 0 Å². The van der Waals surface area contributed by atoms with E-state index in [9.17, 15) is 9.59 Å². The molecule has 0 spiro atoms. The minimum atomic E-state index is -0.214. The molecule has 3 rings (SSSR count). The third-order valence-corrected chi connectivity index (χ3v) is 4.28. The lowest BCUT2D eigenvalue weighted by atomic mass is 9.78. The highest BCUT2D eigenvalue weighted by Crippen LogP contribution is 2.40. The number of rotatable bonds is 3. The molecule has 1 aliphatic carbocycles. The van der Waals surface area contributed by atoms with Crippen LogP contribution < -0.4 is 9.64 Å². The second-order valence-corrected chi connectivity index (χ2v) is 5.59. The molecule has 1 aromatic rings. The summed E-state index contributed by atoms with van der Waals surface area (Å²) in [6.07, 6.45) is 4.71. The number of imide groups is 1. The first-order valence-electron chi connectivity index (χ1n) is 7.40. The molecule has 2 aliphatic rings. The molecule has 2 amide bonds. The number of allylic oxidation sites excluding steroid dienone is 2. The number of fused-ring (bicyclic) bond motifs is 1. The van der Waals surface area contributed by atoms with Gasteiger partial charge in [0, 0.05) is 0 Å². The van der Waals surface area contributed by atoms with Crippen LogP contribution in [0.3, 0.4) is 0 Å². The number of ether oxygens (including phenoxy) is 1. The molecule has 21 heavy (non-hydrogen) atoms. The molecule has 0 aromatic heterocycles. The van der Waals surface area contributed by atoms with Crippen molar-refractivity contribution < 1.29 is 14.3 Å². The molecule has 1 heterocycles. The topological polar surface area (TPSA) is 46.6 Å². The van der Waals surface area contributed by atoms with Gasteiger partial charge < -0.3 is 4.74 Å². The summed E-state index contributed by atoms with van der Waals surface area (Å²) in [5.41, 5.74) is 0.634. The predicted molar refractivity (Wildman–Crippen MR) is 80.0 cm³/mol. The predicted octanol–water partition coefficient (Wildman–Crippen LogP) is 2.79. The minimum Gasteiger partial charge on any atom is -0.494 e. The fourth-order valence-corrected chi connectivity index (χ4v) is 3.26. The van der Waals surface area contributed by atoms with Gasteiger partial charge in [0.15, 0.2) is 0 Å². The molecule has 0 radical (unpaired) electrons. The molecule has 0 saturated carbocycles. The number of anilines is 1. The van der Waals surface area contributed by atoms with Gasteiger partial charge in [-0.25, -0.2) is 0 Å². The van der Waals surface area contributed by atoms with Crippen LogP contribution in [0.4, 0.5) is 5.69 Å². The standard InChI is InChI=1S/C17H19NO3/c1-3-21-13-9-7-12(8-10-13)18-16(19)14-6-4-5-11(2)15(14)17(18)20/h4-5,7-11,14-15H,3,6H2,1-2H3/t11-,14+,15+/m1/s1. The summed E-state index contributed by atoms with van der Waals surface area (Å²) in [6.45, 7) is 4.51. The van der Waals surface area contributed by atoms with Gasteiger partial charge >= 0.3 is 0 Å². The molecule has 0 bridgehead atoms. The summed E-state index contributed by atoms with van der Waals surface area (Å²) in [5.74, 6) is 0.287. The van der Waals surface area contributed by atoms with Crippen molar-refractivity contribution in [2.45, 2.75) is 20.3 Å². The van der Waals surface area contributed by atoms with Crippen LogP contribution in [0.2, 0.25) is 0 Å². The van der Waals surface area contributed by atoms with E-state index in [0.717, 1.165) is 5.75 Å². The van der Waals surface area contributed by atoms with Gasteiger partial charge in [-0.05, 0) is 43.5 Å². The van der Waals surface area contributed by atoms with Gasteiger partial charge in [-0.2, -0.15) is 0 Å². The highest BCUT2D eigenvalue weighted by molar-refractivity contribution is 6.22. The Morgan fingerprint density at radius 3 is 2.52 bits per heavy atom. The number of amides is 2. The number of carbonyl (C=O) groups is 2. The minimum absolute atomic E-state index is 0.0778. The molecule has 0 N–H and O–H groups in total. The van der Waals surface area contributed by atoms with Gasteiger partial charge in [-0.1, -0.05) is 19.1 Å². The number of benzene rings is 1. The second-order valence-electron chi connectivity index (χ2n) is 5.59. The Morgan fingerprint density at radius 1 is 1.19 bits per heavy atom. The Balaban J connectivity index is 1.89. The summed E-state index contributed by atoms with van der Waals surface area (Å²) < 4.78 is 5.39. The first-order chi connectivity index (χ1) is 10.1. The Labute approximate surface area is 124 Å². The second kappa shape index (κ2) is 5.35. The number of hydrogen-bond acceptors (Lipinski definition) is 3. The van der Waals surface area contributed by atoms with Crippen LogP contribution in [-0.2, 0) is 9.59 Å². The average molecular weight is 285 g/mol. The van der Waals surface area contributed by atoms with Crippen molar-refractivity contribution in [1.29, 1.82) is 0 Å². The zero-order valence-electron chi connectivity index (χ0n) is 12.3. The van der Waals surface area contributed by atoms with Gasteiger partial charge in [-0.15, -0.1) is 0 Å². The van der Waals surface area contributed by atoms with E-state index in [1.807, 2.05) is 26.0 Å². The summed E-state index contributed by atoms with van der Waals surface area (Å²) in [5, 5.41) is 0. The summed E-state index contributed by atoms with van der Waals surface area (Å²) in [7, 11) is 0. The quantitative estimate of drug-likeness (QED) is 0.633. The third kappa shape index (κ3) is 2.24. The van der Waals surface area contributed by atoms with E-state index in [0.29, 0.717) is 18.7 Å². The van der Waals surface area contributed by atoms with Crippen LogP contribution in [0.15, 0.2) is 36.4 Å². The van der Waals surface area contributed by atoms with Crippen LogP contribution >= 0.6 is 0 Å². The van der Waals surface area contributed by atoms with Gasteiger partial charge in [0.2, 0.25) is 11.8 Å². The van der Waals surface area contributed by atoms with Gasteiger partial charge in [-0.3, -0.25) is 14.5 Å². The van der Waals surface area contributed by atoms with Crippen LogP contribution in [0.25, 0.3) is 0 Å². The van der Waals surface area contributed by atoms with Gasteiger partial charge in [0.25, 0.3) is 0 Å². The summed E-state index contributed by atoms with van der Waals surface area (Å²) in [4.78, 5) is 26.5. The van der Waals surface area contributed by atoms with Gasteiger partial charge in [0.1, 0.15) is 5.75 Å². The lowest BCUT2D eigenvalue weighted by Crippen LogP contribution is -2.31. The molecule has 110 valence electrons. The smallest absolute Gasteiger partial charge is 0.238 e. The van der Waals surface area contributed by atoms with Crippen molar-refractivity contribution in [3.8, 4) is 5.75 Å². The van der Waals surface area contributed by atoms with Crippen molar-refractivity contribution in [1.82, 2.24) is 0 Å². The Bertz CT molecular complexity index is 591. The molecule has 1 aliphatic heterocycles. The van der Waals surface area contributed by atoms with E-state index in [1.54, 1.807) is 24.3 Å². The van der Waals surface area contributed by atoms with E-state index in [1.165, 1.54) is 4.90 Å². The van der Waals surface area contributed by atoms with E-state index in [4.69, 9.17) is 4.74 Å². The zero-order chi connectivity index (χ0) is 15.0. The highest BCUT2D eigenvalue weighted by atomic mass is 16.5. The first kappa shape index (κ1) is 13.9. The Morgan fingerprint density at radius 2 is 1.90 bits per heavy atom. The van der Waals surface area contributed by atoms with Crippen molar-refractivity contribution in [3.63, 3.8) is 0 Å². The molecule has 1 saturated heterocycles. The normalized spacial score (nSPS) is 27.9. The third-order valence-electron chi connectivity index (χ3n) is 4.28. The van der Waals surface area contributed by atoms with E-state index < -0.39 is 0 Å². The number of hydrogen-bond donors (Lipinski definition) is 0. The van der Waals surface area contributed by atoms with Crippen LogP contribution in [0.5, 0.6) is 5.75 Å². The molecule has 1 aromatic carbocycles. The fraction of sp³-hybridized carbons (Fsp3) is 0.412. The molecular weight excluding hydrogens is 266 g/mol. The largest absolute Gasteiger partial charge is 0.494 e. The average Bonchev–Trinajstić information content (AvgIpc) is 2.74. The Kier molecular flexibility index (Phi) is 3.53. The molecule has 4 heteroatoms. The maximum absolute atomic E-state index is 12.6. The monoisotopic (exact) mass is 285 g/mol. The van der Waals surface area contributed by atoms with Gasteiger partial charge in [0.05, 0.1) is 24.1 Å². The zero-order valence-corrected chi connectivity index (χ0v) is 12.3. The first-order valence-corrected chi connectivity index (χ1v) is 7.40. The lowest BCUT2D eigenvalue weighted by Gasteiger charge is -2.22.